The maximum absolute atomic E-state index is 13.2. The number of amides is 2. The molecule has 162 valence electrons. The Bertz CT molecular complexity index is 979. The number of carboxylic acids is 1. The van der Waals surface area contributed by atoms with Crippen LogP contribution in [-0.4, -0.2) is 45.8 Å². The molecule has 31 heavy (non-hydrogen) atoms. The van der Waals surface area contributed by atoms with Crippen molar-refractivity contribution in [2.24, 2.45) is 0 Å². The average molecular weight is 441 g/mol. The molecule has 0 aliphatic carbocycles. The van der Waals surface area contributed by atoms with Crippen LogP contribution < -0.4 is 10.2 Å². The van der Waals surface area contributed by atoms with Crippen LogP contribution in [0, 0.1) is 0 Å². The molecule has 7 nitrogen and oxygen atoms in total. The van der Waals surface area contributed by atoms with Gasteiger partial charge in [-0.3, -0.25) is 24.1 Å². The predicted molar refractivity (Wildman–Crippen MR) is 119 cm³/mol. The average Bonchev–Trinajstić information content (AvgIpc) is 2.86. The highest BCUT2D eigenvalue weighted by Gasteiger charge is 2.34. The Labute approximate surface area is 184 Å². The number of rotatable bonds is 7. The van der Waals surface area contributed by atoms with Gasteiger partial charge in [-0.1, -0.05) is 60.3 Å². The fraction of sp³-hybridized carbons (Fsp3) is 0.304. The fourth-order valence-corrected chi connectivity index (χ4v) is 4.48. The zero-order valence-electron chi connectivity index (χ0n) is 17.1. The SMILES string of the molecule is CC(=O)SC(Cc1ccccc1)C(=O)NC1CCc2ccccc2N(CC(=O)O)C1=O. The van der Waals surface area contributed by atoms with Crippen molar-refractivity contribution in [1.29, 1.82) is 0 Å². The van der Waals surface area contributed by atoms with Crippen molar-refractivity contribution < 1.29 is 24.3 Å². The highest BCUT2D eigenvalue weighted by Crippen LogP contribution is 2.27. The molecule has 2 amide bonds. The predicted octanol–water partition coefficient (Wildman–Crippen LogP) is 2.43. The van der Waals surface area contributed by atoms with Gasteiger partial charge in [0.2, 0.25) is 11.8 Å². The Balaban J connectivity index is 1.80. The summed E-state index contributed by atoms with van der Waals surface area (Å²) >= 11 is 0.926. The maximum Gasteiger partial charge on any atom is 0.323 e. The molecule has 0 saturated heterocycles. The van der Waals surface area contributed by atoms with Gasteiger partial charge in [0.25, 0.3) is 0 Å². The molecule has 1 heterocycles. The van der Waals surface area contributed by atoms with Gasteiger partial charge in [0.1, 0.15) is 12.6 Å². The molecule has 2 atom stereocenters. The minimum absolute atomic E-state index is 0.191. The molecule has 2 aromatic rings. The highest BCUT2D eigenvalue weighted by atomic mass is 32.2. The number of carboxylic acid groups (broad SMARTS) is 1. The zero-order chi connectivity index (χ0) is 22.4. The van der Waals surface area contributed by atoms with Crippen LogP contribution in [0.25, 0.3) is 0 Å². The van der Waals surface area contributed by atoms with Crippen LogP contribution in [0.15, 0.2) is 54.6 Å². The number of nitrogens with one attached hydrogen (secondary N) is 1. The van der Waals surface area contributed by atoms with Crippen LogP contribution >= 0.6 is 11.8 Å². The van der Waals surface area contributed by atoms with Gasteiger partial charge in [0.05, 0.1) is 5.25 Å². The van der Waals surface area contributed by atoms with E-state index in [9.17, 15) is 24.3 Å². The number of aryl methyl sites for hydroxylation is 1. The Hall–Kier alpha value is -3.13. The molecule has 0 radical (unpaired) electrons. The molecule has 0 fully saturated rings. The van der Waals surface area contributed by atoms with Crippen molar-refractivity contribution in [3.8, 4) is 0 Å². The number of thioether (sulfide) groups is 1. The summed E-state index contributed by atoms with van der Waals surface area (Å²) in [6.07, 6.45) is 1.21. The lowest BCUT2D eigenvalue weighted by atomic mass is 10.1. The van der Waals surface area contributed by atoms with Gasteiger partial charge in [-0.25, -0.2) is 0 Å². The Morgan fingerprint density at radius 1 is 1.13 bits per heavy atom. The number of hydrogen-bond donors (Lipinski definition) is 2. The smallest absolute Gasteiger partial charge is 0.323 e. The number of fused-ring (bicyclic) bond motifs is 1. The number of nitrogens with zero attached hydrogens (tertiary/aromatic N) is 1. The van der Waals surface area contributed by atoms with E-state index in [1.807, 2.05) is 42.5 Å². The van der Waals surface area contributed by atoms with E-state index in [-0.39, 0.29) is 5.12 Å². The first kappa shape index (κ1) is 22.6. The van der Waals surface area contributed by atoms with Gasteiger partial charge >= 0.3 is 5.97 Å². The Kier molecular flexibility index (Phi) is 7.46. The topological polar surface area (TPSA) is 104 Å². The van der Waals surface area contributed by atoms with E-state index in [4.69, 9.17) is 0 Å². The third-order valence-corrected chi connectivity index (χ3v) is 6.02. The number of hydrogen-bond acceptors (Lipinski definition) is 5. The fourth-order valence-electron chi connectivity index (χ4n) is 3.63. The lowest BCUT2D eigenvalue weighted by Crippen LogP contribution is -2.51. The van der Waals surface area contributed by atoms with E-state index >= 15 is 0 Å². The van der Waals surface area contributed by atoms with Gasteiger partial charge in [0, 0.05) is 12.6 Å². The summed E-state index contributed by atoms with van der Waals surface area (Å²) in [5.41, 5.74) is 2.31. The van der Waals surface area contributed by atoms with Crippen molar-refractivity contribution in [3.05, 3.63) is 65.7 Å². The Morgan fingerprint density at radius 3 is 2.48 bits per heavy atom. The molecular weight excluding hydrogens is 416 g/mol. The zero-order valence-corrected chi connectivity index (χ0v) is 17.9. The molecule has 3 rings (SSSR count). The first-order valence-corrected chi connectivity index (χ1v) is 10.9. The van der Waals surface area contributed by atoms with E-state index in [1.165, 1.54) is 11.8 Å². The highest BCUT2D eigenvalue weighted by molar-refractivity contribution is 8.14. The summed E-state index contributed by atoms with van der Waals surface area (Å²) in [7, 11) is 0. The van der Waals surface area contributed by atoms with E-state index < -0.39 is 35.6 Å². The van der Waals surface area contributed by atoms with Gasteiger partial charge in [-0.2, -0.15) is 0 Å². The van der Waals surface area contributed by atoms with E-state index in [2.05, 4.69) is 5.32 Å². The van der Waals surface area contributed by atoms with Crippen LogP contribution in [0.1, 0.15) is 24.5 Å². The van der Waals surface area contributed by atoms with Crippen LogP contribution in [0.4, 0.5) is 5.69 Å². The number of benzene rings is 2. The molecule has 2 unspecified atom stereocenters. The first-order chi connectivity index (χ1) is 14.8. The molecule has 0 spiro atoms. The largest absolute Gasteiger partial charge is 0.480 e. The lowest BCUT2D eigenvalue weighted by molar-refractivity contribution is -0.137. The molecular formula is C23H24N2O5S. The quantitative estimate of drug-likeness (QED) is 0.685. The molecule has 0 aromatic heterocycles. The summed E-state index contributed by atoms with van der Waals surface area (Å²) in [4.78, 5) is 50.5. The van der Waals surface area contributed by atoms with E-state index in [0.29, 0.717) is 24.9 Å². The van der Waals surface area contributed by atoms with Crippen molar-refractivity contribution in [1.82, 2.24) is 5.32 Å². The third kappa shape index (κ3) is 5.95. The number of carbonyl (C=O) groups excluding carboxylic acids is 3. The van der Waals surface area contributed by atoms with Gasteiger partial charge in [-0.05, 0) is 36.5 Å². The van der Waals surface area contributed by atoms with Crippen LogP contribution in [0.3, 0.4) is 0 Å². The van der Waals surface area contributed by atoms with Gasteiger partial charge < -0.3 is 10.4 Å². The third-order valence-electron chi connectivity index (χ3n) is 5.02. The minimum Gasteiger partial charge on any atom is -0.480 e. The second-order valence-electron chi connectivity index (χ2n) is 7.33. The second-order valence-corrected chi connectivity index (χ2v) is 8.71. The maximum atomic E-state index is 13.2. The summed E-state index contributed by atoms with van der Waals surface area (Å²) in [6.45, 7) is 0.913. The summed E-state index contributed by atoms with van der Waals surface area (Å²) < 4.78 is 0. The summed E-state index contributed by atoms with van der Waals surface area (Å²) in [5, 5.41) is 11.2. The van der Waals surface area contributed by atoms with Crippen LogP contribution in [-0.2, 0) is 32.0 Å². The molecule has 0 saturated carbocycles. The standard InChI is InChI=1S/C23H24N2O5S/c1-15(26)31-20(13-16-7-3-2-4-8-16)22(29)24-18-12-11-17-9-5-6-10-19(17)25(23(18)30)14-21(27)28/h2-10,18,20H,11-14H2,1H3,(H,24,29)(H,27,28). The molecule has 2 N–H and O–H groups in total. The van der Waals surface area contributed by atoms with Crippen LogP contribution in [0.2, 0.25) is 0 Å². The second kappa shape index (κ2) is 10.3. The van der Waals surface area contributed by atoms with Crippen LogP contribution in [0.5, 0.6) is 0 Å². The monoisotopic (exact) mass is 440 g/mol. The van der Waals surface area contributed by atoms with E-state index in [1.54, 1.807) is 12.1 Å². The van der Waals surface area contributed by atoms with Gasteiger partial charge in [-0.15, -0.1) is 0 Å². The lowest BCUT2D eigenvalue weighted by Gasteiger charge is -2.26. The minimum atomic E-state index is -1.13. The number of aliphatic carboxylic acids is 1. The molecule has 1 aliphatic rings. The molecule has 1 aliphatic heterocycles. The number of carbonyl (C=O) groups is 4. The molecule has 2 aromatic carbocycles. The van der Waals surface area contributed by atoms with Crippen molar-refractivity contribution >= 4 is 40.3 Å². The molecule has 0 bridgehead atoms. The normalized spacial score (nSPS) is 16.7. The van der Waals surface area contributed by atoms with Crippen molar-refractivity contribution in [2.75, 3.05) is 11.4 Å². The van der Waals surface area contributed by atoms with Crippen molar-refractivity contribution in [2.45, 2.75) is 37.5 Å². The Morgan fingerprint density at radius 2 is 1.81 bits per heavy atom. The number of anilines is 1. The van der Waals surface area contributed by atoms with Gasteiger partial charge in [0.15, 0.2) is 5.12 Å². The van der Waals surface area contributed by atoms with E-state index in [0.717, 1.165) is 22.9 Å². The number of para-hydroxylation sites is 1. The summed E-state index contributed by atoms with van der Waals surface area (Å²) in [5.74, 6) is -2.01. The van der Waals surface area contributed by atoms with Crippen molar-refractivity contribution in [3.63, 3.8) is 0 Å². The first-order valence-electron chi connectivity index (χ1n) is 9.97. The summed E-state index contributed by atoms with van der Waals surface area (Å²) in [6, 6.07) is 15.6. The molecule has 8 heteroatoms.